The molecule has 0 atom stereocenters. The van der Waals surface area contributed by atoms with Crippen LogP contribution in [0.3, 0.4) is 0 Å². The molecule has 0 spiro atoms. The van der Waals surface area contributed by atoms with E-state index in [1.165, 1.54) is 0 Å². The van der Waals surface area contributed by atoms with Crippen LogP contribution in [0.25, 0.3) is 0 Å². The van der Waals surface area contributed by atoms with Crippen LogP contribution < -0.4 is 5.32 Å². The molecule has 0 aliphatic heterocycles. The molecule has 0 aromatic heterocycles. The molecule has 0 fully saturated rings. The predicted molar refractivity (Wildman–Crippen MR) is 69.2 cm³/mol. The molecule has 90 valence electrons. The fourth-order valence-corrected chi connectivity index (χ4v) is 1.77. The molecule has 0 unspecified atom stereocenters. The minimum atomic E-state index is 0.326. The fraction of sp³-hybridized carbons (Fsp3) is 0.846. The van der Waals surface area contributed by atoms with E-state index in [9.17, 15) is 0 Å². The first kappa shape index (κ1) is 14.7. The van der Waals surface area contributed by atoms with E-state index >= 15 is 0 Å². The monoisotopic (exact) mass is 212 g/mol. The smallest absolute Gasteiger partial charge is 0.0157 e. The molecule has 1 N–H and O–H groups in total. The number of likely N-dealkylation sites (N-methyl/N-ethyl adjacent to an activating group) is 1. The lowest BCUT2D eigenvalue weighted by atomic mass is 9.92. The summed E-state index contributed by atoms with van der Waals surface area (Å²) in [4.78, 5) is 2.31. The Labute approximate surface area is 95.7 Å². The van der Waals surface area contributed by atoms with Gasteiger partial charge in [-0.1, -0.05) is 33.8 Å². The van der Waals surface area contributed by atoms with Gasteiger partial charge in [-0.15, -0.1) is 6.58 Å². The summed E-state index contributed by atoms with van der Waals surface area (Å²) < 4.78 is 0. The van der Waals surface area contributed by atoms with E-state index in [0.29, 0.717) is 5.41 Å². The lowest BCUT2D eigenvalue weighted by Crippen LogP contribution is -2.39. The van der Waals surface area contributed by atoms with Crippen LogP contribution in [0.4, 0.5) is 0 Å². The normalized spacial score (nSPS) is 12.5. The van der Waals surface area contributed by atoms with Crippen LogP contribution in [0.2, 0.25) is 0 Å². The molecule has 0 rings (SSSR count). The first-order chi connectivity index (χ1) is 6.87. The Morgan fingerprint density at radius 3 is 2.47 bits per heavy atom. The van der Waals surface area contributed by atoms with Crippen LogP contribution >= 0.6 is 0 Å². The summed E-state index contributed by atoms with van der Waals surface area (Å²) in [5.74, 6) is 0.728. The number of hydrogen-bond acceptors (Lipinski definition) is 2. The molecule has 15 heavy (non-hydrogen) atoms. The molecule has 0 radical (unpaired) electrons. The van der Waals surface area contributed by atoms with Gasteiger partial charge in [-0.2, -0.15) is 0 Å². The van der Waals surface area contributed by atoms with Crippen molar-refractivity contribution in [3.8, 4) is 0 Å². The van der Waals surface area contributed by atoms with E-state index in [0.717, 1.165) is 32.1 Å². The SMILES string of the molecule is C=CCN(C)CC(C)(C)CNCC(C)C. The molecular weight excluding hydrogens is 184 g/mol. The molecule has 0 aromatic rings. The second-order valence-electron chi connectivity index (χ2n) is 5.67. The average Bonchev–Trinajstić information content (AvgIpc) is 2.01. The van der Waals surface area contributed by atoms with E-state index in [4.69, 9.17) is 0 Å². The minimum absolute atomic E-state index is 0.326. The van der Waals surface area contributed by atoms with Gasteiger partial charge in [-0.25, -0.2) is 0 Å². The van der Waals surface area contributed by atoms with Crippen molar-refractivity contribution in [1.29, 1.82) is 0 Å². The number of rotatable bonds is 8. The van der Waals surface area contributed by atoms with Crippen LogP contribution in [0, 0.1) is 11.3 Å². The molecular formula is C13H28N2. The maximum absolute atomic E-state index is 3.76. The van der Waals surface area contributed by atoms with Crippen molar-refractivity contribution in [2.24, 2.45) is 11.3 Å². The second kappa shape index (κ2) is 7.02. The second-order valence-corrected chi connectivity index (χ2v) is 5.67. The Morgan fingerprint density at radius 2 is 2.00 bits per heavy atom. The van der Waals surface area contributed by atoms with Crippen LogP contribution in [-0.4, -0.2) is 38.1 Å². The van der Waals surface area contributed by atoms with E-state index in [1.54, 1.807) is 0 Å². The van der Waals surface area contributed by atoms with Gasteiger partial charge in [0.1, 0.15) is 0 Å². The first-order valence-electron chi connectivity index (χ1n) is 5.87. The zero-order chi connectivity index (χ0) is 11.9. The Hall–Kier alpha value is -0.340. The van der Waals surface area contributed by atoms with Gasteiger partial charge < -0.3 is 10.2 Å². The van der Waals surface area contributed by atoms with Gasteiger partial charge >= 0.3 is 0 Å². The summed E-state index contributed by atoms with van der Waals surface area (Å²) in [6, 6.07) is 0. The van der Waals surface area contributed by atoms with Gasteiger partial charge in [0.05, 0.1) is 0 Å². The Bertz CT molecular complexity index is 173. The zero-order valence-electron chi connectivity index (χ0n) is 11.1. The third kappa shape index (κ3) is 8.64. The Balaban J connectivity index is 3.79. The number of nitrogens with zero attached hydrogens (tertiary/aromatic N) is 1. The van der Waals surface area contributed by atoms with Gasteiger partial charge in [0.2, 0.25) is 0 Å². The highest BCUT2D eigenvalue weighted by molar-refractivity contribution is 4.79. The van der Waals surface area contributed by atoms with Crippen LogP contribution in [0.5, 0.6) is 0 Å². The molecule has 0 aromatic carbocycles. The topological polar surface area (TPSA) is 15.3 Å². The molecule has 0 saturated heterocycles. The van der Waals surface area contributed by atoms with E-state index in [2.05, 4.69) is 51.5 Å². The van der Waals surface area contributed by atoms with Gasteiger partial charge in [-0.3, -0.25) is 0 Å². The van der Waals surface area contributed by atoms with Crippen molar-refractivity contribution < 1.29 is 0 Å². The van der Waals surface area contributed by atoms with Crippen molar-refractivity contribution >= 4 is 0 Å². The third-order valence-corrected chi connectivity index (χ3v) is 2.29. The van der Waals surface area contributed by atoms with E-state index in [1.807, 2.05) is 6.08 Å². The standard InChI is InChI=1S/C13H28N2/c1-7-8-15(6)11-13(4,5)10-14-9-12(2)3/h7,12,14H,1,8-11H2,2-6H3. The van der Waals surface area contributed by atoms with Crippen molar-refractivity contribution in [3.05, 3.63) is 12.7 Å². The lowest BCUT2D eigenvalue weighted by molar-refractivity contribution is 0.216. The molecule has 0 bridgehead atoms. The van der Waals surface area contributed by atoms with Crippen LogP contribution in [0.1, 0.15) is 27.7 Å². The van der Waals surface area contributed by atoms with Crippen LogP contribution in [0.15, 0.2) is 12.7 Å². The Kier molecular flexibility index (Phi) is 6.86. The Morgan fingerprint density at radius 1 is 1.40 bits per heavy atom. The molecule has 2 nitrogen and oxygen atoms in total. The fourth-order valence-electron chi connectivity index (χ4n) is 1.77. The minimum Gasteiger partial charge on any atom is -0.316 e. The summed E-state index contributed by atoms with van der Waals surface area (Å²) in [7, 11) is 2.14. The summed E-state index contributed by atoms with van der Waals surface area (Å²) >= 11 is 0. The van der Waals surface area contributed by atoms with Gasteiger partial charge in [-0.05, 0) is 24.9 Å². The molecule has 2 heteroatoms. The van der Waals surface area contributed by atoms with Gasteiger partial charge in [0.25, 0.3) is 0 Å². The van der Waals surface area contributed by atoms with Crippen molar-refractivity contribution in [1.82, 2.24) is 10.2 Å². The maximum atomic E-state index is 3.76. The third-order valence-electron chi connectivity index (χ3n) is 2.29. The molecule has 0 heterocycles. The number of nitrogens with one attached hydrogen (secondary N) is 1. The summed E-state index contributed by atoms with van der Waals surface area (Å²) in [6.45, 7) is 17.1. The highest BCUT2D eigenvalue weighted by Gasteiger charge is 2.19. The van der Waals surface area contributed by atoms with Gasteiger partial charge in [0.15, 0.2) is 0 Å². The average molecular weight is 212 g/mol. The van der Waals surface area contributed by atoms with Crippen molar-refractivity contribution in [3.63, 3.8) is 0 Å². The summed E-state index contributed by atoms with van der Waals surface area (Å²) in [5, 5.41) is 3.52. The highest BCUT2D eigenvalue weighted by Crippen LogP contribution is 2.14. The first-order valence-corrected chi connectivity index (χ1v) is 5.87. The quantitative estimate of drug-likeness (QED) is 0.621. The lowest BCUT2D eigenvalue weighted by Gasteiger charge is -2.30. The number of hydrogen-bond donors (Lipinski definition) is 1. The van der Waals surface area contributed by atoms with Gasteiger partial charge in [0, 0.05) is 19.6 Å². The predicted octanol–water partition coefficient (Wildman–Crippen LogP) is 2.38. The zero-order valence-corrected chi connectivity index (χ0v) is 11.1. The largest absolute Gasteiger partial charge is 0.316 e. The molecule has 0 saturated carbocycles. The molecule has 0 aliphatic rings. The molecule has 0 aliphatic carbocycles. The summed E-state index contributed by atoms with van der Waals surface area (Å²) in [5.41, 5.74) is 0.326. The van der Waals surface area contributed by atoms with E-state index in [-0.39, 0.29) is 0 Å². The molecule has 0 amide bonds. The van der Waals surface area contributed by atoms with Crippen molar-refractivity contribution in [2.75, 3.05) is 33.2 Å². The van der Waals surface area contributed by atoms with E-state index < -0.39 is 0 Å². The van der Waals surface area contributed by atoms with Crippen molar-refractivity contribution in [2.45, 2.75) is 27.7 Å². The highest BCUT2D eigenvalue weighted by atomic mass is 15.1. The van der Waals surface area contributed by atoms with Crippen LogP contribution in [-0.2, 0) is 0 Å². The maximum Gasteiger partial charge on any atom is 0.0157 e. The summed E-state index contributed by atoms with van der Waals surface area (Å²) in [6.07, 6.45) is 1.96.